The number of hydrogen-bond donors (Lipinski definition) is 3. The minimum absolute atomic E-state index is 0.0944. The summed E-state index contributed by atoms with van der Waals surface area (Å²) in [6.45, 7) is 0. The Labute approximate surface area is 224 Å². The molecule has 6 aromatic rings. The summed E-state index contributed by atoms with van der Waals surface area (Å²) in [5.41, 5.74) is 8.07. The third-order valence-electron chi connectivity index (χ3n) is 7.62. The summed E-state index contributed by atoms with van der Waals surface area (Å²) in [7, 11) is 0. The molecule has 192 valence electrons. The van der Waals surface area contributed by atoms with E-state index in [1.54, 1.807) is 12.4 Å². The number of rotatable bonds is 5. The fourth-order valence-corrected chi connectivity index (χ4v) is 5.58. The van der Waals surface area contributed by atoms with Crippen LogP contribution in [0.2, 0.25) is 0 Å². The highest BCUT2D eigenvalue weighted by Crippen LogP contribution is 2.35. The van der Waals surface area contributed by atoms with Crippen LogP contribution >= 0.6 is 0 Å². The fourth-order valence-electron chi connectivity index (χ4n) is 5.58. The third kappa shape index (κ3) is 4.44. The zero-order chi connectivity index (χ0) is 26.2. The molecule has 39 heavy (non-hydrogen) atoms. The second-order valence-corrected chi connectivity index (χ2v) is 10.2. The summed E-state index contributed by atoms with van der Waals surface area (Å²) in [5.74, 6) is 0.191. The van der Waals surface area contributed by atoms with Gasteiger partial charge in [0.25, 0.3) is 0 Å². The van der Waals surface area contributed by atoms with E-state index < -0.39 is 0 Å². The number of fused-ring (bicyclic) bond motifs is 2. The number of aromatic amines is 2. The number of aromatic nitrogens is 6. The molecule has 1 saturated carbocycles. The summed E-state index contributed by atoms with van der Waals surface area (Å²) in [5, 5.41) is 12.9. The van der Waals surface area contributed by atoms with Crippen molar-refractivity contribution in [3.05, 3.63) is 79.5 Å². The molecule has 8 nitrogen and oxygen atoms in total. The molecule has 1 aliphatic rings. The van der Waals surface area contributed by atoms with Gasteiger partial charge in [-0.15, -0.1) is 0 Å². The minimum atomic E-state index is 0.0944. The van der Waals surface area contributed by atoms with Gasteiger partial charge in [-0.25, -0.2) is 0 Å². The molecule has 5 aromatic heterocycles. The topological polar surface area (TPSA) is 112 Å². The van der Waals surface area contributed by atoms with Crippen LogP contribution in [0.4, 0.5) is 5.69 Å². The summed E-state index contributed by atoms with van der Waals surface area (Å²) in [6.07, 6.45) is 14.4. The minimum Gasteiger partial charge on any atom is -0.352 e. The number of hydrogen-bond acceptors (Lipinski definition) is 5. The van der Waals surface area contributed by atoms with E-state index in [1.165, 1.54) is 6.42 Å². The van der Waals surface area contributed by atoms with Crippen LogP contribution in [0, 0.1) is 5.92 Å². The lowest BCUT2D eigenvalue weighted by molar-refractivity contribution is -0.120. The quantitative estimate of drug-likeness (QED) is 0.236. The van der Waals surface area contributed by atoms with Gasteiger partial charge >= 0.3 is 0 Å². The van der Waals surface area contributed by atoms with E-state index in [0.717, 1.165) is 86.9 Å². The monoisotopic (exact) mass is 513 g/mol. The summed E-state index contributed by atoms with van der Waals surface area (Å²) in [4.78, 5) is 29.6. The number of anilines is 1. The van der Waals surface area contributed by atoms with Crippen LogP contribution in [-0.4, -0.2) is 36.0 Å². The van der Waals surface area contributed by atoms with E-state index >= 15 is 0 Å². The van der Waals surface area contributed by atoms with E-state index in [0.29, 0.717) is 0 Å². The van der Waals surface area contributed by atoms with Crippen molar-refractivity contribution < 1.29 is 4.79 Å². The Balaban J connectivity index is 1.23. The highest BCUT2D eigenvalue weighted by atomic mass is 16.1. The number of benzene rings is 1. The van der Waals surface area contributed by atoms with Crippen LogP contribution in [0.3, 0.4) is 0 Å². The molecule has 7 rings (SSSR count). The molecule has 1 aromatic carbocycles. The van der Waals surface area contributed by atoms with Gasteiger partial charge in [-0.1, -0.05) is 31.4 Å². The van der Waals surface area contributed by atoms with Crippen LogP contribution in [0.15, 0.2) is 79.5 Å². The van der Waals surface area contributed by atoms with Crippen molar-refractivity contribution in [3.8, 4) is 33.8 Å². The van der Waals surface area contributed by atoms with Gasteiger partial charge in [0.1, 0.15) is 5.69 Å². The first-order valence-corrected chi connectivity index (χ1v) is 13.4. The average Bonchev–Trinajstić information content (AvgIpc) is 3.62. The first-order valence-electron chi connectivity index (χ1n) is 13.4. The second kappa shape index (κ2) is 9.79. The van der Waals surface area contributed by atoms with Gasteiger partial charge < -0.3 is 10.3 Å². The lowest BCUT2D eigenvalue weighted by Crippen LogP contribution is -2.24. The predicted octanol–water partition coefficient (Wildman–Crippen LogP) is 6.75. The second-order valence-electron chi connectivity index (χ2n) is 10.2. The summed E-state index contributed by atoms with van der Waals surface area (Å²) < 4.78 is 0. The van der Waals surface area contributed by atoms with E-state index in [9.17, 15) is 4.79 Å². The van der Waals surface area contributed by atoms with Gasteiger partial charge in [-0.05, 0) is 54.8 Å². The zero-order valence-corrected chi connectivity index (χ0v) is 21.3. The predicted molar refractivity (Wildman–Crippen MR) is 153 cm³/mol. The van der Waals surface area contributed by atoms with Gasteiger partial charge in [-0.2, -0.15) is 5.10 Å². The zero-order valence-electron chi connectivity index (χ0n) is 21.3. The molecule has 0 aliphatic heterocycles. The largest absolute Gasteiger partial charge is 0.352 e. The molecule has 0 atom stereocenters. The molecule has 5 heterocycles. The van der Waals surface area contributed by atoms with E-state index in [1.807, 2.05) is 55.0 Å². The van der Waals surface area contributed by atoms with Gasteiger partial charge in [-0.3, -0.25) is 24.8 Å². The Kier molecular flexibility index (Phi) is 5.85. The maximum Gasteiger partial charge on any atom is 0.227 e. The summed E-state index contributed by atoms with van der Waals surface area (Å²) in [6, 6.07) is 16.1. The maximum atomic E-state index is 12.8. The molecule has 0 saturated heterocycles. The maximum absolute atomic E-state index is 12.8. The molecule has 3 N–H and O–H groups in total. The van der Waals surface area contributed by atoms with Crippen molar-refractivity contribution in [1.29, 1.82) is 0 Å². The van der Waals surface area contributed by atoms with Crippen LogP contribution in [0.25, 0.3) is 55.6 Å². The van der Waals surface area contributed by atoms with E-state index in [-0.39, 0.29) is 11.8 Å². The van der Waals surface area contributed by atoms with Crippen LogP contribution in [-0.2, 0) is 4.79 Å². The molecule has 0 spiro atoms. The molecule has 0 unspecified atom stereocenters. The molecule has 1 fully saturated rings. The van der Waals surface area contributed by atoms with E-state index in [2.05, 4.69) is 47.6 Å². The molecule has 0 radical (unpaired) electrons. The number of nitrogens with one attached hydrogen (secondary N) is 3. The molecular weight excluding hydrogens is 486 g/mol. The van der Waals surface area contributed by atoms with Crippen molar-refractivity contribution in [1.82, 2.24) is 30.1 Å². The van der Waals surface area contributed by atoms with Crippen molar-refractivity contribution in [3.63, 3.8) is 0 Å². The van der Waals surface area contributed by atoms with E-state index in [4.69, 9.17) is 0 Å². The number of nitrogens with zero attached hydrogens (tertiary/aromatic N) is 4. The van der Waals surface area contributed by atoms with Gasteiger partial charge in [0, 0.05) is 46.4 Å². The summed E-state index contributed by atoms with van der Waals surface area (Å²) >= 11 is 0. The normalized spacial score (nSPS) is 14.2. The number of amides is 1. The number of carbonyl (C=O) groups is 1. The molecule has 1 amide bonds. The standard InChI is InChI=1S/C31H27N7O/c39-31(19-6-2-1-3-7-19)35-22-12-21(15-32-16-22)20-9-10-27-24(13-20)30(38-37-27)28-14-23-25(17-33-18-29(23)36-28)26-8-4-5-11-34-26/h4-5,8-19,36H,1-3,6-7H2,(H,35,39)(H,37,38). The third-order valence-corrected chi connectivity index (χ3v) is 7.62. The Morgan fingerprint density at radius 1 is 0.846 bits per heavy atom. The lowest BCUT2D eigenvalue weighted by atomic mass is 9.88. The van der Waals surface area contributed by atoms with Gasteiger partial charge in [0.05, 0.1) is 40.5 Å². The number of pyridine rings is 3. The first-order chi connectivity index (χ1) is 19.2. The first kappa shape index (κ1) is 23.3. The van der Waals surface area contributed by atoms with Gasteiger partial charge in [0.2, 0.25) is 5.91 Å². The van der Waals surface area contributed by atoms with Crippen LogP contribution in [0.1, 0.15) is 32.1 Å². The van der Waals surface area contributed by atoms with Crippen molar-refractivity contribution in [2.24, 2.45) is 5.92 Å². The highest BCUT2D eigenvalue weighted by molar-refractivity contribution is 6.01. The Morgan fingerprint density at radius 2 is 1.74 bits per heavy atom. The lowest BCUT2D eigenvalue weighted by Gasteiger charge is -2.20. The smallest absolute Gasteiger partial charge is 0.227 e. The Bertz CT molecular complexity index is 1800. The molecule has 0 bridgehead atoms. The average molecular weight is 514 g/mol. The van der Waals surface area contributed by atoms with Gasteiger partial charge in [0.15, 0.2) is 0 Å². The van der Waals surface area contributed by atoms with Crippen molar-refractivity contribution in [2.75, 3.05) is 5.32 Å². The van der Waals surface area contributed by atoms with Crippen molar-refractivity contribution in [2.45, 2.75) is 32.1 Å². The number of carbonyl (C=O) groups excluding carboxylic acids is 1. The number of H-pyrrole nitrogens is 2. The highest BCUT2D eigenvalue weighted by Gasteiger charge is 2.21. The van der Waals surface area contributed by atoms with Crippen LogP contribution < -0.4 is 5.32 Å². The fraction of sp³-hybridized carbons (Fsp3) is 0.194. The van der Waals surface area contributed by atoms with Crippen LogP contribution in [0.5, 0.6) is 0 Å². The van der Waals surface area contributed by atoms with Crippen molar-refractivity contribution >= 4 is 33.4 Å². The molecule has 1 aliphatic carbocycles. The molecular formula is C31H27N7O. The Hall–Kier alpha value is -4.85. The SMILES string of the molecule is O=C(Nc1cncc(-c2ccc3[nH]nc(-c4cc5c(-c6ccccn6)cncc5[nH]4)c3c2)c1)C1CCCCC1. The Morgan fingerprint density at radius 3 is 2.62 bits per heavy atom. The molecule has 8 heteroatoms.